The van der Waals surface area contributed by atoms with Gasteiger partial charge in [0.1, 0.15) is 6.04 Å². The van der Waals surface area contributed by atoms with Gasteiger partial charge in [-0.05, 0) is 101 Å². The summed E-state index contributed by atoms with van der Waals surface area (Å²) in [5, 5.41) is 34.2. The fourth-order valence-electron chi connectivity index (χ4n) is 7.44. The number of likely N-dealkylation sites (tertiary alicyclic amines) is 1. The lowest BCUT2D eigenvalue weighted by Gasteiger charge is -2.39. The number of carbonyl (C=O) groups excluding carboxylic acids is 3. The molecule has 0 unspecified atom stereocenters. The topological polar surface area (TPSA) is 169 Å². The van der Waals surface area contributed by atoms with Crippen molar-refractivity contribution in [3.63, 3.8) is 0 Å². The maximum atomic E-state index is 13.5. The summed E-state index contributed by atoms with van der Waals surface area (Å²) in [6.07, 6.45) is 3.49. The summed E-state index contributed by atoms with van der Waals surface area (Å²) < 4.78 is 0. The summed E-state index contributed by atoms with van der Waals surface area (Å²) >= 11 is 0. The first kappa shape index (κ1) is 30.4. The molecule has 3 aliphatic rings. The summed E-state index contributed by atoms with van der Waals surface area (Å²) in [4.78, 5) is 40.6. The predicted octanol–water partition coefficient (Wildman–Crippen LogP) is 1.87. The van der Waals surface area contributed by atoms with Crippen LogP contribution in [0.1, 0.15) is 81.9 Å². The van der Waals surface area contributed by atoms with Crippen molar-refractivity contribution in [3.8, 4) is 6.07 Å². The van der Waals surface area contributed by atoms with Gasteiger partial charge in [0, 0.05) is 37.3 Å². The molecule has 2 fully saturated rings. The van der Waals surface area contributed by atoms with Gasteiger partial charge in [0.05, 0.1) is 18.0 Å². The number of fused-ring (bicyclic) bond motifs is 3. The number of rotatable bonds is 9. The summed E-state index contributed by atoms with van der Waals surface area (Å²) in [6.45, 7) is 4.34. The van der Waals surface area contributed by atoms with E-state index in [0.29, 0.717) is 42.1 Å². The number of nitrogens with zero attached hydrogens (tertiary/aromatic N) is 5. The van der Waals surface area contributed by atoms with Crippen LogP contribution in [0.4, 0.5) is 0 Å². The van der Waals surface area contributed by atoms with Crippen LogP contribution in [-0.4, -0.2) is 82.0 Å². The van der Waals surface area contributed by atoms with Gasteiger partial charge in [-0.2, -0.15) is 5.26 Å². The average Bonchev–Trinajstić information content (AvgIpc) is 3.43. The number of amides is 3. The van der Waals surface area contributed by atoms with Crippen LogP contribution in [-0.2, 0) is 23.1 Å². The maximum absolute atomic E-state index is 13.5. The lowest BCUT2D eigenvalue weighted by molar-refractivity contribution is -0.131. The Hall–Kier alpha value is -4.63. The predicted molar refractivity (Wildman–Crippen MR) is 165 cm³/mol. The molecular formula is C33H39N9O3. The third kappa shape index (κ3) is 5.35. The number of tetrazole rings is 1. The third-order valence-corrected chi connectivity index (χ3v) is 9.91. The van der Waals surface area contributed by atoms with E-state index in [1.54, 1.807) is 19.0 Å². The highest BCUT2D eigenvalue weighted by Gasteiger charge is 2.54. The highest BCUT2D eigenvalue weighted by atomic mass is 16.2. The Morgan fingerprint density at radius 3 is 2.16 bits per heavy atom. The molecule has 2 aliphatic carbocycles. The van der Waals surface area contributed by atoms with Crippen LogP contribution in [0.2, 0.25) is 0 Å². The molecule has 6 rings (SSSR count). The fourth-order valence-corrected chi connectivity index (χ4v) is 7.44. The number of H-pyrrole nitrogens is 1. The maximum Gasteiger partial charge on any atom is 0.251 e. The van der Waals surface area contributed by atoms with Crippen LogP contribution < -0.4 is 16.0 Å². The molecule has 12 nitrogen and oxygen atoms in total. The summed E-state index contributed by atoms with van der Waals surface area (Å²) in [7, 11) is 3.22. The summed E-state index contributed by atoms with van der Waals surface area (Å²) in [5.74, 6) is 0.680. The Bertz CT molecular complexity index is 1590. The molecule has 0 bridgehead atoms. The van der Waals surface area contributed by atoms with Crippen molar-refractivity contribution in [2.45, 2.75) is 69.5 Å². The Morgan fingerprint density at radius 2 is 1.64 bits per heavy atom. The van der Waals surface area contributed by atoms with Gasteiger partial charge < -0.3 is 20.9 Å². The highest BCUT2D eigenvalue weighted by Crippen LogP contribution is 2.49. The number of carbonyl (C=O) groups is 3. The summed E-state index contributed by atoms with van der Waals surface area (Å²) in [5.41, 5.74) is 4.10. The molecule has 234 valence electrons. The van der Waals surface area contributed by atoms with Crippen LogP contribution in [0.25, 0.3) is 0 Å². The Balaban J connectivity index is 1.45. The van der Waals surface area contributed by atoms with Gasteiger partial charge in [0.25, 0.3) is 11.8 Å². The van der Waals surface area contributed by atoms with Crippen molar-refractivity contribution in [1.82, 2.24) is 41.5 Å². The number of aromatic nitrogens is 4. The Labute approximate surface area is 262 Å². The first-order valence-corrected chi connectivity index (χ1v) is 15.6. The lowest BCUT2D eigenvalue weighted by atomic mass is 9.66. The average molecular weight is 610 g/mol. The molecule has 1 saturated heterocycles. The fraction of sp³-hybridized carbons (Fsp3) is 0.485. The van der Waals surface area contributed by atoms with E-state index in [1.807, 2.05) is 36.4 Å². The molecule has 3 amide bonds. The second-order valence-corrected chi connectivity index (χ2v) is 12.7. The normalized spacial score (nSPS) is 21.5. The van der Waals surface area contributed by atoms with E-state index in [0.717, 1.165) is 35.1 Å². The highest BCUT2D eigenvalue weighted by molar-refractivity contribution is 5.95. The van der Waals surface area contributed by atoms with Crippen molar-refractivity contribution in [2.75, 3.05) is 20.6 Å². The van der Waals surface area contributed by atoms with Gasteiger partial charge in [0.15, 0.2) is 5.82 Å². The van der Waals surface area contributed by atoms with Gasteiger partial charge >= 0.3 is 0 Å². The molecular weight excluding hydrogens is 570 g/mol. The minimum Gasteiger partial charge on any atom is -0.355 e. The minimum absolute atomic E-state index is 0.0558. The van der Waals surface area contributed by atoms with Crippen molar-refractivity contribution < 1.29 is 14.4 Å². The number of aryl methyl sites for hydroxylation is 2. The van der Waals surface area contributed by atoms with E-state index in [9.17, 15) is 19.6 Å². The minimum atomic E-state index is -0.900. The SMILES string of the molecule is CNC(=O)c1ccc2c(c1)CCc1cc(C(=O)NC)ccc1C2(C[C@@H](NCC(=O)N1[C@H](C#N)C[C@@H]2C[C@@H]21)C(C)C)c1nnn[nH]1. The van der Waals surface area contributed by atoms with E-state index < -0.39 is 5.41 Å². The molecule has 1 aliphatic heterocycles. The standard InChI is InChI=1S/C33H39N9O3/c1-18(2)27(37-17-29(43)42-24(16-34)13-23-14-28(23)42)15-33(32-38-40-41-39-32)25-9-7-21(30(44)35-3)11-19(25)5-6-20-12-22(31(45)36-4)8-10-26(20)33/h7-12,18,23-24,27-28,37H,5-6,13-15,17H2,1-4H3,(H,35,44)(H,36,45)(H,38,39,40,41)/t23-,24+,27-,28+/m1/s1. The van der Waals surface area contributed by atoms with Crippen LogP contribution >= 0.6 is 0 Å². The number of hydrogen-bond acceptors (Lipinski definition) is 8. The van der Waals surface area contributed by atoms with Crippen molar-refractivity contribution >= 4 is 17.7 Å². The Morgan fingerprint density at radius 1 is 1.02 bits per heavy atom. The van der Waals surface area contributed by atoms with Gasteiger partial charge in [0.2, 0.25) is 5.91 Å². The number of nitriles is 1. The number of benzene rings is 2. The van der Waals surface area contributed by atoms with Crippen LogP contribution in [0.15, 0.2) is 36.4 Å². The van der Waals surface area contributed by atoms with E-state index in [-0.39, 0.29) is 48.3 Å². The largest absolute Gasteiger partial charge is 0.355 e. The molecule has 0 radical (unpaired) electrons. The van der Waals surface area contributed by atoms with Gasteiger partial charge in [-0.1, -0.05) is 26.0 Å². The number of aromatic amines is 1. The van der Waals surface area contributed by atoms with Crippen LogP contribution in [0, 0.1) is 23.2 Å². The van der Waals surface area contributed by atoms with E-state index in [1.165, 1.54) is 0 Å². The third-order valence-electron chi connectivity index (χ3n) is 9.91. The molecule has 4 atom stereocenters. The molecule has 0 spiro atoms. The van der Waals surface area contributed by atoms with E-state index in [2.05, 4.69) is 56.5 Å². The Kier molecular flexibility index (Phi) is 8.14. The second kappa shape index (κ2) is 12.0. The monoisotopic (exact) mass is 609 g/mol. The van der Waals surface area contributed by atoms with Gasteiger partial charge in [-0.3, -0.25) is 14.4 Å². The van der Waals surface area contributed by atoms with Gasteiger partial charge in [-0.15, -0.1) is 5.10 Å². The molecule has 12 heteroatoms. The summed E-state index contributed by atoms with van der Waals surface area (Å²) in [6, 6.07) is 13.4. The molecule has 2 aromatic carbocycles. The van der Waals surface area contributed by atoms with Crippen LogP contribution in [0.5, 0.6) is 0 Å². The molecule has 2 heterocycles. The number of piperidine rings is 1. The number of hydrogen-bond donors (Lipinski definition) is 4. The van der Waals surface area contributed by atoms with Crippen molar-refractivity contribution in [3.05, 3.63) is 75.6 Å². The zero-order valence-corrected chi connectivity index (χ0v) is 26.1. The molecule has 1 aromatic heterocycles. The molecule has 4 N–H and O–H groups in total. The zero-order chi connectivity index (χ0) is 31.9. The lowest BCUT2D eigenvalue weighted by Crippen LogP contribution is -2.49. The van der Waals surface area contributed by atoms with Crippen molar-refractivity contribution in [1.29, 1.82) is 5.26 Å². The zero-order valence-electron chi connectivity index (χ0n) is 26.1. The van der Waals surface area contributed by atoms with Gasteiger partial charge in [-0.25, -0.2) is 5.10 Å². The first-order valence-electron chi connectivity index (χ1n) is 15.6. The van der Waals surface area contributed by atoms with E-state index in [4.69, 9.17) is 0 Å². The molecule has 3 aromatic rings. The molecule has 1 saturated carbocycles. The number of nitrogens with one attached hydrogen (secondary N) is 4. The van der Waals surface area contributed by atoms with Crippen LogP contribution in [0.3, 0.4) is 0 Å². The first-order chi connectivity index (χ1) is 21.7. The quantitative estimate of drug-likeness (QED) is 0.285. The molecule has 45 heavy (non-hydrogen) atoms. The second-order valence-electron chi connectivity index (χ2n) is 12.7. The van der Waals surface area contributed by atoms with E-state index >= 15 is 0 Å². The van der Waals surface area contributed by atoms with Crippen molar-refractivity contribution in [2.24, 2.45) is 11.8 Å². The smallest absolute Gasteiger partial charge is 0.251 e.